The van der Waals surface area contributed by atoms with Gasteiger partial charge in [0.15, 0.2) is 5.88 Å². The second-order valence-corrected chi connectivity index (χ2v) is 7.01. The molecule has 0 radical (unpaired) electrons. The highest BCUT2D eigenvalue weighted by Gasteiger charge is 2.65. The number of aromatic amines is 1. The van der Waals surface area contributed by atoms with Crippen LogP contribution in [0.1, 0.15) is 0 Å². The van der Waals surface area contributed by atoms with E-state index in [0.29, 0.717) is 0 Å². The van der Waals surface area contributed by atoms with Crippen molar-refractivity contribution in [2.45, 2.75) is 28.1 Å². The molecule has 0 amide bonds. The maximum absolute atomic E-state index is 10.4. The normalized spacial score (nSPS) is 37.9. The van der Waals surface area contributed by atoms with E-state index < -0.39 is 34.7 Å². The monoisotopic (exact) mass is 407 g/mol. The molecular weight excluding hydrogens is 394 g/mol. The number of benzene rings is 1. The lowest BCUT2D eigenvalue weighted by molar-refractivity contribution is -0.310. The summed E-state index contributed by atoms with van der Waals surface area (Å²) in [6.07, 6.45) is -4.54. The third kappa shape index (κ3) is 2.74. The highest BCUT2D eigenvalue weighted by Crippen LogP contribution is 2.46. The Morgan fingerprint density at radius 1 is 1.35 bits per heavy atom. The fourth-order valence-electron chi connectivity index (χ4n) is 2.44. The Morgan fingerprint density at radius 2 is 2.04 bits per heavy atom. The number of rotatable bonds is 3. The lowest BCUT2D eigenvalue weighted by Gasteiger charge is -2.48. The van der Waals surface area contributed by atoms with Crippen LogP contribution in [0.4, 0.5) is 0 Å². The Hall–Kier alpha value is -0.870. The first-order valence-corrected chi connectivity index (χ1v) is 7.97. The van der Waals surface area contributed by atoms with Crippen LogP contribution in [0.3, 0.4) is 0 Å². The number of para-hydroxylation sites is 1. The molecule has 1 fully saturated rings. The summed E-state index contributed by atoms with van der Waals surface area (Å²) in [5, 5.41) is 38.1. The Balaban J connectivity index is 1.94. The van der Waals surface area contributed by atoms with Crippen molar-refractivity contribution in [3.8, 4) is 5.88 Å². The van der Waals surface area contributed by atoms with Gasteiger partial charge >= 0.3 is 5.25 Å². The van der Waals surface area contributed by atoms with Crippen LogP contribution in [0.2, 0.25) is 0 Å². The Morgan fingerprint density at radius 3 is 2.70 bits per heavy atom. The molecule has 0 bridgehead atoms. The van der Waals surface area contributed by atoms with Gasteiger partial charge in [-0.2, -0.15) is 0 Å². The minimum Gasteiger partial charge on any atom is -0.429 e. The zero-order valence-corrected chi connectivity index (χ0v) is 14.0. The number of aliphatic hydroxyl groups excluding tert-OH is 3. The van der Waals surface area contributed by atoms with E-state index in [0.717, 1.165) is 10.9 Å². The van der Waals surface area contributed by atoms with Crippen molar-refractivity contribution in [3.63, 3.8) is 0 Å². The number of hydrogen-bond donors (Lipinski definition) is 5. The maximum atomic E-state index is 10.4. The number of nitrogens with one attached hydrogen (secondary N) is 1. The van der Waals surface area contributed by atoms with Crippen LogP contribution in [0.15, 0.2) is 30.3 Å². The van der Waals surface area contributed by atoms with Gasteiger partial charge in [0.2, 0.25) is 4.51 Å². The molecule has 0 spiro atoms. The fraction of sp³-hybridized carbons (Fsp3) is 0.429. The standard InChI is InChI=1S/C14H15BrClNO6/c15-13(21)12(20)11(19)9(6-18)22-14(13,16)23-10-5-7-3-1-2-4-8(7)17-10/h1-5,9,11-12,17-21H,6H2/t9-,11-,12+,13-,14-/m1/s1. The molecule has 5 atom stereocenters. The van der Waals surface area contributed by atoms with Crippen molar-refractivity contribution in [1.29, 1.82) is 0 Å². The van der Waals surface area contributed by atoms with Gasteiger partial charge in [-0.15, -0.1) is 0 Å². The lowest BCUT2D eigenvalue weighted by atomic mass is 9.99. The largest absolute Gasteiger partial charge is 0.429 e. The highest BCUT2D eigenvalue weighted by molar-refractivity contribution is 9.10. The lowest BCUT2D eigenvalue weighted by Crippen LogP contribution is -2.70. The molecule has 1 saturated heterocycles. The van der Waals surface area contributed by atoms with E-state index in [1.807, 2.05) is 24.3 Å². The van der Waals surface area contributed by atoms with Gasteiger partial charge in [-0.05, 0) is 33.6 Å². The molecule has 7 nitrogen and oxygen atoms in total. The van der Waals surface area contributed by atoms with E-state index in [1.54, 1.807) is 6.07 Å². The van der Waals surface area contributed by atoms with E-state index in [1.165, 1.54) is 0 Å². The van der Waals surface area contributed by atoms with Gasteiger partial charge in [0.1, 0.15) is 18.3 Å². The summed E-state index contributed by atoms with van der Waals surface area (Å²) < 4.78 is 8.47. The number of ether oxygens (including phenoxy) is 2. The molecule has 2 heterocycles. The van der Waals surface area contributed by atoms with Gasteiger partial charge in [0, 0.05) is 17.0 Å². The third-order valence-electron chi connectivity index (χ3n) is 3.74. The molecule has 0 aliphatic carbocycles. The first-order valence-electron chi connectivity index (χ1n) is 6.80. The average molecular weight is 409 g/mol. The number of fused-ring (bicyclic) bond motifs is 1. The Kier molecular flexibility index (Phi) is 4.35. The summed E-state index contributed by atoms with van der Waals surface area (Å²) in [7, 11) is 0. The summed E-state index contributed by atoms with van der Waals surface area (Å²) >= 11 is 9.07. The van der Waals surface area contributed by atoms with Gasteiger partial charge < -0.3 is 34.9 Å². The molecule has 23 heavy (non-hydrogen) atoms. The second kappa shape index (κ2) is 5.89. The van der Waals surface area contributed by atoms with Gasteiger partial charge in [0.05, 0.1) is 6.61 Å². The van der Waals surface area contributed by atoms with Crippen LogP contribution in [-0.2, 0) is 4.74 Å². The van der Waals surface area contributed by atoms with Crippen LogP contribution in [0.5, 0.6) is 5.88 Å². The molecule has 0 saturated carbocycles. The van der Waals surface area contributed by atoms with Gasteiger partial charge in [0.25, 0.3) is 0 Å². The van der Waals surface area contributed by atoms with Crippen LogP contribution in [0.25, 0.3) is 10.9 Å². The van der Waals surface area contributed by atoms with Gasteiger partial charge in [-0.25, -0.2) is 0 Å². The first kappa shape index (κ1) is 17.0. The first-order chi connectivity index (χ1) is 10.8. The zero-order valence-electron chi connectivity index (χ0n) is 11.7. The van der Waals surface area contributed by atoms with Crippen LogP contribution >= 0.6 is 27.5 Å². The highest BCUT2D eigenvalue weighted by atomic mass is 79.9. The molecule has 1 aromatic heterocycles. The summed E-state index contributed by atoms with van der Waals surface area (Å²) in [6.45, 7) is -0.619. The van der Waals surface area contributed by atoms with Crippen LogP contribution in [0, 0.1) is 0 Å². The summed E-state index contributed by atoms with van der Waals surface area (Å²) in [6, 6.07) is 8.98. The van der Waals surface area contributed by atoms with Crippen LogP contribution in [-0.4, -0.2) is 60.1 Å². The Labute approximate surface area is 144 Å². The SMILES string of the molecule is OC[C@H]1O[C@@](Cl)(Oc2cc3ccccc3[nH]2)[C@@](O)(Br)[C@@H](O)[C@@H]1O. The van der Waals surface area contributed by atoms with Gasteiger partial charge in [-0.1, -0.05) is 18.2 Å². The van der Waals surface area contributed by atoms with Crippen molar-refractivity contribution < 1.29 is 29.9 Å². The summed E-state index contributed by atoms with van der Waals surface area (Å²) in [5.41, 5.74) is 0.774. The second-order valence-electron chi connectivity index (χ2n) is 5.31. The molecule has 5 N–H and O–H groups in total. The van der Waals surface area contributed by atoms with Crippen molar-refractivity contribution >= 4 is 38.4 Å². The number of aliphatic hydroxyl groups is 4. The predicted molar refractivity (Wildman–Crippen MR) is 85.4 cm³/mol. The van der Waals surface area contributed by atoms with E-state index in [4.69, 9.17) is 21.1 Å². The zero-order chi connectivity index (χ0) is 16.8. The summed E-state index contributed by atoms with van der Waals surface area (Å²) in [4.78, 5) is 2.94. The van der Waals surface area contributed by atoms with E-state index in [9.17, 15) is 20.4 Å². The van der Waals surface area contributed by atoms with E-state index in [2.05, 4.69) is 20.9 Å². The molecule has 126 valence electrons. The molecule has 2 aromatic rings. The predicted octanol–water partition coefficient (Wildman–Crippen LogP) is 0.636. The third-order valence-corrected chi connectivity index (χ3v) is 5.42. The number of aromatic nitrogens is 1. The number of hydrogen-bond acceptors (Lipinski definition) is 6. The quantitative estimate of drug-likeness (QED) is 0.476. The summed E-state index contributed by atoms with van der Waals surface area (Å²) in [5.74, 6) is 0.180. The maximum Gasteiger partial charge on any atom is 0.335 e. The van der Waals surface area contributed by atoms with Crippen molar-refractivity contribution in [3.05, 3.63) is 30.3 Å². The molecule has 1 aliphatic heterocycles. The van der Waals surface area contributed by atoms with Gasteiger partial charge in [-0.3, -0.25) is 0 Å². The molecule has 9 heteroatoms. The Bertz CT molecular complexity index is 676. The molecule has 1 aliphatic rings. The number of halogens is 2. The van der Waals surface area contributed by atoms with Crippen molar-refractivity contribution in [1.82, 2.24) is 4.98 Å². The molecule has 1 aromatic carbocycles. The minimum atomic E-state index is -2.32. The molecule has 3 rings (SSSR count). The molecule has 0 unspecified atom stereocenters. The smallest absolute Gasteiger partial charge is 0.335 e. The fourth-order valence-corrected chi connectivity index (χ4v) is 3.19. The number of H-pyrrole nitrogens is 1. The molecular formula is C14H15BrClNO6. The van der Waals surface area contributed by atoms with E-state index >= 15 is 0 Å². The van der Waals surface area contributed by atoms with E-state index in [-0.39, 0.29) is 5.88 Å². The van der Waals surface area contributed by atoms with Crippen molar-refractivity contribution in [2.75, 3.05) is 6.61 Å². The van der Waals surface area contributed by atoms with Crippen molar-refractivity contribution in [2.24, 2.45) is 0 Å². The number of alkyl halides is 2. The average Bonchev–Trinajstić information content (AvgIpc) is 2.91. The van der Waals surface area contributed by atoms with Crippen LogP contribution < -0.4 is 4.74 Å². The topological polar surface area (TPSA) is 115 Å². The minimum absolute atomic E-state index is 0.180.